The molecular weight excluding hydrogens is 1140 g/mol. The summed E-state index contributed by atoms with van der Waals surface area (Å²) >= 11 is 0. The van der Waals surface area contributed by atoms with E-state index < -0.39 is 85.7 Å². The van der Waals surface area contributed by atoms with Crippen LogP contribution in [0.1, 0.15) is 44.5 Å². The minimum Gasteiger partial charge on any atom is -0.744 e. The average Bonchev–Trinajstić information content (AvgIpc) is 3.30. The molecule has 2 aliphatic heterocycles. The molecule has 77 heavy (non-hydrogen) atoms. The Balaban J connectivity index is 0.00000390. The fourth-order valence-corrected chi connectivity index (χ4v) is 10.5. The Morgan fingerprint density at radius 2 is 0.377 bits per heavy atom. The van der Waals surface area contributed by atoms with Crippen molar-refractivity contribution >= 4 is 40.5 Å². The topological polar surface area (TPSA) is 330 Å². The van der Waals surface area contributed by atoms with Gasteiger partial charge in [0.15, 0.2) is 0 Å². The Bertz CT molecular complexity index is 2860. The van der Waals surface area contributed by atoms with E-state index in [0.717, 1.165) is 48.5 Å². The van der Waals surface area contributed by atoms with Crippen molar-refractivity contribution < 1.29 is 222 Å². The normalized spacial score (nSPS) is 17.3. The maximum Gasteiger partial charge on any atom is 1.00 e. The van der Waals surface area contributed by atoms with Crippen LogP contribution >= 0.6 is 0 Å². The van der Waals surface area contributed by atoms with Gasteiger partial charge in [0.1, 0.15) is 89.9 Å². The van der Waals surface area contributed by atoms with E-state index >= 15 is 0 Å². The molecule has 4 aromatic rings. The van der Waals surface area contributed by atoms with Crippen LogP contribution < -0.4 is 137 Å². The molecule has 31 heteroatoms. The summed E-state index contributed by atoms with van der Waals surface area (Å²) in [4.78, 5) is -3.21. The third-order valence-electron chi connectivity index (χ3n) is 11.3. The molecule has 0 aromatic heterocycles. The fraction of sp³-hybridized carbons (Fsp3) is 0.478. The molecule has 0 fully saturated rings. The van der Waals surface area contributed by atoms with E-state index in [4.69, 9.17) is 52.1 Å². The molecule has 0 radical (unpaired) electrons. The third kappa shape index (κ3) is 21.2. The van der Waals surface area contributed by atoms with Gasteiger partial charge >= 0.3 is 118 Å². The Kier molecular flexibility index (Phi) is 30.4. The minimum atomic E-state index is -5.34. The monoisotopic (exact) mass is 1190 g/mol. The van der Waals surface area contributed by atoms with E-state index in [9.17, 15) is 51.9 Å². The van der Waals surface area contributed by atoms with Gasteiger partial charge in [-0.3, -0.25) is 0 Å². The second-order valence-electron chi connectivity index (χ2n) is 16.5. The van der Waals surface area contributed by atoms with E-state index in [1.54, 1.807) is 0 Å². The Morgan fingerprint density at radius 1 is 0.247 bits per heavy atom. The maximum absolute atomic E-state index is 13.0. The van der Waals surface area contributed by atoms with E-state index in [1.807, 2.05) is 0 Å². The van der Waals surface area contributed by atoms with Gasteiger partial charge in [0.05, 0.1) is 112 Å². The van der Waals surface area contributed by atoms with Gasteiger partial charge in [-0.1, -0.05) is 0 Å². The zero-order valence-corrected chi connectivity index (χ0v) is 54.5. The molecule has 0 atom stereocenters. The van der Waals surface area contributed by atoms with Crippen LogP contribution in [0.4, 0.5) is 0 Å². The van der Waals surface area contributed by atoms with Gasteiger partial charge in [-0.25, -0.2) is 33.7 Å². The van der Waals surface area contributed by atoms with Crippen molar-refractivity contribution in [1.29, 1.82) is 0 Å². The van der Waals surface area contributed by atoms with Crippen LogP contribution in [0.25, 0.3) is 0 Å². The standard InChI is InChI=1S/C46H56O23S4.4Na/c47-70(48,49)39-23-31-19-32-24-40(71(50,51)52)26-34-21-36-28-42(73(56,57)58)30-38-22-37-29-41(72(53,54)55)27-35(45(37)68-17-13-64-9-5-61-6-10-65-14-18-69-46(36)38)20-33(25-39)43(31)66-15-11-62-7-3-59-1-2-60-4-8-63-12-16-67-44(32)34;;;;/h23-30H,1-22H2,(H,47,48,49)(H,50,51,52)(H,53,54,55)(H,56,57,58);;;;/q;4*+1/p-4. The van der Waals surface area contributed by atoms with Crippen molar-refractivity contribution in [2.45, 2.75) is 45.3 Å². The van der Waals surface area contributed by atoms with E-state index in [0.29, 0.717) is 0 Å². The summed E-state index contributed by atoms with van der Waals surface area (Å²) in [5.74, 6) is -0.398. The average molecular weight is 1190 g/mol. The molecule has 23 nitrogen and oxygen atoms in total. The van der Waals surface area contributed by atoms with E-state index in [-0.39, 0.29) is 305 Å². The Hall–Kier alpha value is -0.560. The first kappa shape index (κ1) is 70.7. The van der Waals surface area contributed by atoms with Crippen LogP contribution in [-0.2, 0) is 99.3 Å². The van der Waals surface area contributed by atoms with Crippen LogP contribution in [-0.4, -0.2) is 171 Å². The summed E-state index contributed by atoms with van der Waals surface area (Å²) in [5, 5.41) is 0. The summed E-state index contributed by atoms with van der Waals surface area (Å²) < 4.78 is 221. The number of ether oxygens (including phenoxy) is 11. The molecule has 402 valence electrons. The molecule has 4 aromatic carbocycles. The smallest absolute Gasteiger partial charge is 0.744 e. The third-order valence-corrected chi connectivity index (χ3v) is 14.6. The van der Waals surface area contributed by atoms with Gasteiger partial charge in [0.2, 0.25) is 0 Å². The van der Waals surface area contributed by atoms with Crippen LogP contribution in [0.5, 0.6) is 23.0 Å². The van der Waals surface area contributed by atoms with Gasteiger partial charge in [-0.05, 0) is 48.5 Å². The second kappa shape index (κ2) is 33.1. The molecule has 2 heterocycles. The van der Waals surface area contributed by atoms with E-state index in [1.165, 1.54) is 0 Å². The quantitative estimate of drug-likeness (QED) is 0.119. The Morgan fingerprint density at radius 3 is 0.506 bits per heavy atom. The second-order valence-corrected chi connectivity index (χ2v) is 22.0. The molecular formula is C46H52Na4O23S4. The SMILES string of the molecule is O=S(=O)([O-])c1cc2c3c(c1)Cc1cc(S(=O)(=O)[O-])cc4c1OCCOCCOCCOCCOc1c(cc(S(=O)(=O)[O-])cc1C4)Cc1cc(S(=O)(=O)[O-])cc(c1OCCOCCOCCOCCOCCO3)C2.[Na+].[Na+].[Na+].[Na+]. The van der Waals surface area contributed by atoms with Crippen molar-refractivity contribution in [2.75, 3.05) is 119 Å². The van der Waals surface area contributed by atoms with Crippen molar-refractivity contribution in [2.24, 2.45) is 0 Å². The molecule has 1 aliphatic carbocycles. The molecule has 0 unspecified atom stereocenters. The van der Waals surface area contributed by atoms with Gasteiger partial charge in [0, 0.05) is 70.2 Å². The van der Waals surface area contributed by atoms with Crippen molar-refractivity contribution in [3.8, 4) is 23.0 Å². The van der Waals surface area contributed by atoms with Crippen LogP contribution in [0.3, 0.4) is 0 Å². The van der Waals surface area contributed by atoms with Gasteiger partial charge in [-0.2, -0.15) is 0 Å². The van der Waals surface area contributed by atoms with Crippen LogP contribution in [0.2, 0.25) is 0 Å². The molecule has 0 N–H and O–H groups in total. The molecule has 0 amide bonds. The summed E-state index contributed by atoms with van der Waals surface area (Å²) in [6.45, 7) is 0.432. The maximum atomic E-state index is 13.0. The summed E-state index contributed by atoms with van der Waals surface area (Å²) in [6, 6.07) is 7.89. The van der Waals surface area contributed by atoms with Gasteiger partial charge < -0.3 is 70.3 Å². The number of hydrogen-bond acceptors (Lipinski definition) is 23. The predicted molar refractivity (Wildman–Crippen MR) is 247 cm³/mol. The van der Waals surface area contributed by atoms with Crippen LogP contribution in [0.15, 0.2) is 68.1 Å². The summed E-state index contributed by atoms with van der Waals surface area (Å²) in [6.07, 6.45) is -2.13. The van der Waals surface area contributed by atoms with Gasteiger partial charge in [0.25, 0.3) is 0 Å². The van der Waals surface area contributed by atoms with Crippen molar-refractivity contribution in [1.82, 2.24) is 0 Å². The van der Waals surface area contributed by atoms with Gasteiger partial charge in [-0.15, -0.1) is 0 Å². The minimum absolute atomic E-state index is 0. The first-order valence-electron chi connectivity index (χ1n) is 22.8. The molecule has 0 saturated carbocycles. The largest absolute Gasteiger partial charge is 1.00 e. The Labute approximate surface area is 536 Å². The number of rotatable bonds is 4. The molecule has 0 saturated heterocycles. The molecule has 0 spiro atoms. The van der Waals surface area contributed by atoms with Crippen molar-refractivity contribution in [3.05, 3.63) is 93.0 Å². The fourth-order valence-electron chi connectivity index (χ4n) is 8.19. The predicted octanol–water partition coefficient (Wildman–Crippen LogP) is -10.3. The zero-order chi connectivity index (χ0) is 52.2. The first-order valence-corrected chi connectivity index (χ1v) is 28.4. The van der Waals surface area contributed by atoms with Crippen molar-refractivity contribution in [3.63, 3.8) is 0 Å². The zero-order valence-electron chi connectivity index (χ0n) is 43.2. The van der Waals surface area contributed by atoms with Crippen LogP contribution in [0, 0.1) is 0 Å². The summed E-state index contributed by atoms with van der Waals surface area (Å²) in [7, 11) is -21.4. The van der Waals surface area contributed by atoms with E-state index in [2.05, 4.69) is 0 Å². The molecule has 3 aliphatic rings. The molecule has 7 rings (SSSR count). The first-order chi connectivity index (χ1) is 34.8. The number of benzene rings is 4. The summed E-state index contributed by atoms with van der Waals surface area (Å²) in [5.41, 5.74) is -0.686. The number of hydrogen-bond donors (Lipinski definition) is 0. The molecule has 12 bridgehead atoms.